The first-order valence-corrected chi connectivity index (χ1v) is 9.32. The van der Waals surface area contributed by atoms with Crippen LogP contribution in [0.5, 0.6) is 5.75 Å². The van der Waals surface area contributed by atoms with Gasteiger partial charge in [0.15, 0.2) is 0 Å². The molecule has 1 heterocycles. The molecule has 27 heavy (non-hydrogen) atoms. The minimum atomic E-state index is -0.943. The molecule has 1 atom stereocenters. The van der Waals surface area contributed by atoms with Crippen LogP contribution in [0.25, 0.3) is 0 Å². The summed E-state index contributed by atoms with van der Waals surface area (Å²) in [5.74, 6) is -0.248. The van der Waals surface area contributed by atoms with E-state index in [2.05, 4.69) is 10.2 Å². The fraction of sp³-hybridized carbons (Fsp3) is 0.600. The molecule has 0 bridgehead atoms. The van der Waals surface area contributed by atoms with Crippen LogP contribution in [0.2, 0.25) is 0 Å². The average molecular weight is 378 g/mol. The van der Waals surface area contributed by atoms with Gasteiger partial charge in [-0.2, -0.15) is 0 Å². The third kappa shape index (κ3) is 7.09. The number of piperidine rings is 1. The van der Waals surface area contributed by atoms with Gasteiger partial charge in [0.25, 0.3) is 0 Å². The number of hydrogen-bond donors (Lipinski definition) is 2. The molecule has 1 amide bonds. The Kier molecular flexibility index (Phi) is 7.07. The number of nitrogens with zero attached hydrogens (tertiary/aromatic N) is 1. The second-order valence-electron chi connectivity index (χ2n) is 7.92. The lowest BCUT2D eigenvalue weighted by molar-refractivity contribution is 0.0468. The number of aromatic carboxylic acids is 1. The zero-order valence-corrected chi connectivity index (χ0v) is 16.6. The summed E-state index contributed by atoms with van der Waals surface area (Å²) in [6, 6.07) is 4.93. The Morgan fingerprint density at radius 3 is 2.70 bits per heavy atom. The Morgan fingerprint density at radius 2 is 2.07 bits per heavy atom. The van der Waals surface area contributed by atoms with Gasteiger partial charge >= 0.3 is 12.1 Å². The number of rotatable bonds is 6. The van der Waals surface area contributed by atoms with Crippen molar-refractivity contribution in [2.45, 2.75) is 52.2 Å². The first-order valence-electron chi connectivity index (χ1n) is 9.32. The number of ether oxygens (including phenoxy) is 2. The van der Waals surface area contributed by atoms with Crippen LogP contribution >= 0.6 is 0 Å². The SMILES string of the molecule is Cc1cc(C(=O)O)ccc1OCCN1CCC[C@@H](NC(=O)OC(C)(C)C)C1. The molecule has 2 rings (SSSR count). The second kappa shape index (κ2) is 9.08. The molecule has 0 radical (unpaired) electrons. The van der Waals surface area contributed by atoms with Crippen molar-refractivity contribution in [3.05, 3.63) is 29.3 Å². The van der Waals surface area contributed by atoms with E-state index in [-0.39, 0.29) is 17.7 Å². The minimum Gasteiger partial charge on any atom is -0.492 e. The number of likely N-dealkylation sites (tertiary alicyclic amines) is 1. The Hall–Kier alpha value is -2.28. The summed E-state index contributed by atoms with van der Waals surface area (Å²) >= 11 is 0. The van der Waals surface area contributed by atoms with E-state index in [1.807, 2.05) is 27.7 Å². The molecule has 0 unspecified atom stereocenters. The molecule has 150 valence electrons. The number of carbonyl (C=O) groups excluding carboxylic acids is 1. The number of carboxylic acid groups (broad SMARTS) is 1. The van der Waals surface area contributed by atoms with Crippen molar-refractivity contribution < 1.29 is 24.2 Å². The highest BCUT2D eigenvalue weighted by atomic mass is 16.6. The number of aryl methyl sites for hydroxylation is 1. The summed E-state index contributed by atoms with van der Waals surface area (Å²) in [6.07, 6.45) is 1.57. The molecular formula is C20H30N2O5. The largest absolute Gasteiger partial charge is 0.492 e. The van der Waals surface area contributed by atoms with E-state index in [0.717, 1.165) is 38.0 Å². The first kappa shape index (κ1) is 21.0. The van der Waals surface area contributed by atoms with Crippen LogP contribution in [0.1, 0.15) is 49.5 Å². The maximum Gasteiger partial charge on any atom is 0.407 e. The van der Waals surface area contributed by atoms with Gasteiger partial charge in [-0.25, -0.2) is 9.59 Å². The molecular weight excluding hydrogens is 348 g/mol. The summed E-state index contributed by atoms with van der Waals surface area (Å²) in [5.41, 5.74) is 0.560. The van der Waals surface area contributed by atoms with E-state index in [0.29, 0.717) is 12.4 Å². The highest BCUT2D eigenvalue weighted by molar-refractivity contribution is 5.88. The van der Waals surface area contributed by atoms with Crippen molar-refractivity contribution in [2.75, 3.05) is 26.2 Å². The van der Waals surface area contributed by atoms with Crippen molar-refractivity contribution in [3.63, 3.8) is 0 Å². The summed E-state index contributed by atoms with van der Waals surface area (Å²) in [7, 11) is 0. The third-order valence-electron chi connectivity index (χ3n) is 4.31. The van der Waals surface area contributed by atoms with Crippen LogP contribution in [-0.4, -0.2) is 60.0 Å². The van der Waals surface area contributed by atoms with Gasteiger partial charge in [0, 0.05) is 19.1 Å². The van der Waals surface area contributed by atoms with Crippen LogP contribution in [-0.2, 0) is 4.74 Å². The van der Waals surface area contributed by atoms with Gasteiger partial charge in [0.2, 0.25) is 0 Å². The quantitative estimate of drug-likeness (QED) is 0.791. The lowest BCUT2D eigenvalue weighted by atomic mass is 10.1. The van der Waals surface area contributed by atoms with Gasteiger partial charge < -0.3 is 19.9 Å². The number of carboxylic acids is 1. The smallest absolute Gasteiger partial charge is 0.407 e. The second-order valence-corrected chi connectivity index (χ2v) is 7.92. The summed E-state index contributed by atoms with van der Waals surface area (Å²) < 4.78 is 11.1. The molecule has 7 heteroatoms. The van der Waals surface area contributed by atoms with Crippen molar-refractivity contribution >= 4 is 12.1 Å². The Morgan fingerprint density at radius 1 is 1.33 bits per heavy atom. The Labute approximate surface area is 160 Å². The van der Waals surface area contributed by atoms with Crippen molar-refractivity contribution in [2.24, 2.45) is 0 Å². The fourth-order valence-corrected chi connectivity index (χ4v) is 3.08. The monoisotopic (exact) mass is 378 g/mol. The molecule has 7 nitrogen and oxygen atoms in total. The fourth-order valence-electron chi connectivity index (χ4n) is 3.08. The number of hydrogen-bond acceptors (Lipinski definition) is 5. The lowest BCUT2D eigenvalue weighted by Crippen LogP contribution is -2.49. The Bertz CT molecular complexity index is 669. The number of benzene rings is 1. The number of carbonyl (C=O) groups is 2. The predicted octanol–water partition coefficient (Wildman–Crippen LogP) is 3.06. The number of alkyl carbamates (subject to hydrolysis) is 1. The van der Waals surface area contributed by atoms with E-state index in [1.54, 1.807) is 18.2 Å². The Balaban J connectivity index is 1.77. The molecule has 1 saturated heterocycles. The number of nitrogens with one attached hydrogen (secondary N) is 1. The van der Waals surface area contributed by atoms with Crippen LogP contribution in [0.15, 0.2) is 18.2 Å². The zero-order chi connectivity index (χ0) is 20.0. The van der Waals surface area contributed by atoms with Crippen LogP contribution in [0.3, 0.4) is 0 Å². The van der Waals surface area contributed by atoms with E-state index in [1.165, 1.54) is 0 Å². The highest BCUT2D eigenvalue weighted by Gasteiger charge is 2.24. The number of amides is 1. The van der Waals surface area contributed by atoms with E-state index in [4.69, 9.17) is 14.6 Å². The summed E-state index contributed by atoms with van der Waals surface area (Å²) in [4.78, 5) is 25.2. The van der Waals surface area contributed by atoms with Gasteiger partial charge in [-0.3, -0.25) is 4.90 Å². The molecule has 1 aliphatic rings. The van der Waals surface area contributed by atoms with E-state index < -0.39 is 11.6 Å². The van der Waals surface area contributed by atoms with Crippen molar-refractivity contribution in [1.82, 2.24) is 10.2 Å². The molecule has 0 aliphatic carbocycles. The van der Waals surface area contributed by atoms with Gasteiger partial charge in [-0.05, 0) is 70.8 Å². The van der Waals surface area contributed by atoms with Crippen LogP contribution in [0.4, 0.5) is 4.79 Å². The van der Waals surface area contributed by atoms with Crippen molar-refractivity contribution in [1.29, 1.82) is 0 Å². The first-order chi connectivity index (χ1) is 12.6. The molecule has 0 aromatic heterocycles. The maximum atomic E-state index is 11.9. The summed E-state index contributed by atoms with van der Waals surface area (Å²) in [5, 5.41) is 11.9. The molecule has 0 spiro atoms. The maximum absolute atomic E-state index is 11.9. The molecule has 2 N–H and O–H groups in total. The normalized spacial score (nSPS) is 18.0. The van der Waals surface area contributed by atoms with Gasteiger partial charge in [0.1, 0.15) is 18.0 Å². The molecule has 1 aromatic rings. The van der Waals surface area contributed by atoms with E-state index >= 15 is 0 Å². The standard InChI is InChI=1S/C20H30N2O5/c1-14-12-15(18(23)24)7-8-17(14)26-11-10-22-9-5-6-16(13-22)21-19(25)27-20(2,3)4/h7-8,12,16H,5-6,9-11,13H2,1-4H3,(H,21,25)(H,23,24)/t16-/m1/s1. The minimum absolute atomic E-state index is 0.0742. The molecule has 1 aromatic carbocycles. The van der Waals surface area contributed by atoms with E-state index in [9.17, 15) is 9.59 Å². The predicted molar refractivity (Wildman–Crippen MR) is 102 cm³/mol. The third-order valence-corrected chi connectivity index (χ3v) is 4.31. The summed E-state index contributed by atoms with van der Waals surface area (Å²) in [6.45, 7) is 10.4. The van der Waals surface area contributed by atoms with Crippen LogP contribution in [0, 0.1) is 6.92 Å². The molecule has 1 fully saturated rings. The van der Waals surface area contributed by atoms with Gasteiger partial charge in [0.05, 0.1) is 5.56 Å². The lowest BCUT2D eigenvalue weighted by Gasteiger charge is -2.33. The van der Waals surface area contributed by atoms with Crippen LogP contribution < -0.4 is 10.1 Å². The average Bonchev–Trinajstić information content (AvgIpc) is 2.54. The topological polar surface area (TPSA) is 88.1 Å². The zero-order valence-electron chi connectivity index (χ0n) is 16.6. The highest BCUT2D eigenvalue weighted by Crippen LogP contribution is 2.19. The van der Waals surface area contributed by atoms with Gasteiger partial charge in [-0.15, -0.1) is 0 Å². The van der Waals surface area contributed by atoms with Crippen molar-refractivity contribution in [3.8, 4) is 5.75 Å². The molecule has 0 saturated carbocycles. The molecule has 1 aliphatic heterocycles. The van der Waals surface area contributed by atoms with Gasteiger partial charge in [-0.1, -0.05) is 0 Å².